The summed E-state index contributed by atoms with van der Waals surface area (Å²) in [5, 5.41) is 21.1. The topological polar surface area (TPSA) is 91.7 Å². The van der Waals surface area contributed by atoms with Crippen LogP contribution in [0.15, 0.2) is 12.1 Å². The van der Waals surface area contributed by atoms with Crippen LogP contribution in [0.2, 0.25) is 5.15 Å². The van der Waals surface area contributed by atoms with Crippen molar-refractivity contribution in [3.8, 4) is 0 Å². The monoisotopic (exact) mass is 260 g/mol. The minimum absolute atomic E-state index is 0.0359. The number of pyridine rings is 1. The molecule has 0 aliphatic heterocycles. The van der Waals surface area contributed by atoms with Gasteiger partial charge in [0.1, 0.15) is 11.0 Å². The minimum atomic E-state index is -1.09. The van der Waals surface area contributed by atoms with Gasteiger partial charge in [0.05, 0.1) is 18.3 Å². The summed E-state index contributed by atoms with van der Waals surface area (Å²) in [6, 6.07) is 2.59. The zero-order valence-electron chi connectivity index (χ0n) is 9.18. The van der Waals surface area contributed by atoms with Gasteiger partial charge in [-0.15, -0.1) is 0 Å². The van der Waals surface area contributed by atoms with Gasteiger partial charge in [-0.05, 0) is 12.1 Å². The average Bonchev–Trinajstić information content (AvgIpc) is 2.26. The van der Waals surface area contributed by atoms with Crippen LogP contribution in [0.1, 0.15) is 10.4 Å². The Morgan fingerprint density at radius 1 is 1.65 bits per heavy atom. The van der Waals surface area contributed by atoms with Crippen molar-refractivity contribution in [1.82, 2.24) is 4.98 Å². The fourth-order valence-electron chi connectivity index (χ4n) is 1.18. The molecule has 1 heterocycles. The molecule has 0 saturated carbocycles. The van der Waals surface area contributed by atoms with Gasteiger partial charge in [-0.3, -0.25) is 0 Å². The number of carboxylic acid groups (broad SMARTS) is 1. The number of hydrogen-bond donors (Lipinski definition) is 3. The number of aliphatic hydroxyl groups excluding tert-OH is 1. The second kappa shape index (κ2) is 6.39. The summed E-state index contributed by atoms with van der Waals surface area (Å²) in [4.78, 5) is 14.6. The Hall–Kier alpha value is -1.37. The Balaban J connectivity index is 2.68. The third-order valence-corrected chi connectivity index (χ3v) is 2.11. The Morgan fingerprint density at radius 3 is 2.94 bits per heavy atom. The van der Waals surface area contributed by atoms with Crippen LogP contribution in [0.3, 0.4) is 0 Å². The molecule has 0 saturated heterocycles. The molecule has 1 atom stereocenters. The highest BCUT2D eigenvalue weighted by Gasteiger charge is 2.09. The summed E-state index contributed by atoms with van der Waals surface area (Å²) in [6.07, 6.45) is -0.700. The maximum atomic E-state index is 10.8. The number of nitrogens with zero attached hydrogens (tertiary/aromatic N) is 1. The van der Waals surface area contributed by atoms with Crippen LogP contribution in [-0.2, 0) is 4.74 Å². The molecule has 94 valence electrons. The van der Waals surface area contributed by atoms with E-state index in [1.165, 1.54) is 19.2 Å². The number of ether oxygens (including phenoxy) is 1. The van der Waals surface area contributed by atoms with Crippen molar-refractivity contribution in [3.05, 3.63) is 22.8 Å². The van der Waals surface area contributed by atoms with Gasteiger partial charge in [-0.1, -0.05) is 11.6 Å². The number of anilines is 1. The molecule has 0 fully saturated rings. The number of carboxylic acids is 1. The van der Waals surface area contributed by atoms with Crippen molar-refractivity contribution in [1.29, 1.82) is 0 Å². The van der Waals surface area contributed by atoms with E-state index in [1.54, 1.807) is 0 Å². The van der Waals surface area contributed by atoms with Gasteiger partial charge in [0.15, 0.2) is 0 Å². The molecule has 1 aromatic heterocycles. The summed E-state index contributed by atoms with van der Waals surface area (Å²) in [5.41, 5.74) is 0.0359. The van der Waals surface area contributed by atoms with Gasteiger partial charge in [0, 0.05) is 13.7 Å². The highest BCUT2D eigenvalue weighted by Crippen LogP contribution is 2.14. The van der Waals surface area contributed by atoms with Gasteiger partial charge >= 0.3 is 5.97 Å². The van der Waals surface area contributed by atoms with Crippen LogP contribution in [0.4, 0.5) is 5.82 Å². The minimum Gasteiger partial charge on any atom is -0.478 e. The van der Waals surface area contributed by atoms with E-state index in [0.717, 1.165) is 0 Å². The highest BCUT2D eigenvalue weighted by atomic mass is 35.5. The van der Waals surface area contributed by atoms with Crippen molar-refractivity contribution in [3.63, 3.8) is 0 Å². The van der Waals surface area contributed by atoms with Crippen molar-refractivity contribution in [2.45, 2.75) is 6.10 Å². The first-order valence-corrected chi connectivity index (χ1v) is 5.22. The molecule has 1 unspecified atom stereocenters. The Labute approximate surface area is 103 Å². The van der Waals surface area contributed by atoms with Crippen molar-refractivity contribution >= 4 is 23.4 Å². The lowest BCUT2D eigenvalue weighted by molar-refractivity contribution is 0.0697. The predicted octanol–water partition coefficient (Wildman–Crippen LogP) is 0.852. The lowest BCUT2D eigenvalue weighted by Gasteiger charge is -2.11. The van der Waals surface area contributed by atoms with Crippen LogP contribution in [0, 0.1) is 0 Å². The molecular formula is C10H13ClN2O4. The Bertz CT molecular complexity index is 400. The van der Waals surface area contributed by atoms with Crippen molar-refractivity contribution < 1.29 is 19.7 Å². The smallest absolute Gasteiger partial charge is 0.335 e. The first-order valence-electron chi connectivity index (χ1n) is 4.84. The lowest BCUT2D eigenvalue weighted by Crippen LogP contribution is -2.24. The molecule has 0 aliphatic carbocycles. The van der Waals surface area contributed by atoms with Gasteiger partial charge in [0.2, 0.25) is 0 Å². The number of hydrogen-bond acceptors (Lipinski definition) is 5. The lowest BCUT2D eigenvalue weighted by atomic mass is 10.2. The molecule has 0 bridgehead atoms. The normalized spacial score (nSPS) is 12.2. The molecule has 3 N–H and O–H groups in total. The molecule has 1 aromatic rings. The third kappa shape index (κ3) is 4.56. The molecule has 0 aliphatic rings. The Kier molecular flexibility index (Phi) is 5.14. The zero-order chi connectivity index (χ0) is 12.8. The quantitative estimate of drug-likeness (QED) is 0.657. The SMILES string of the molecule is COCC(O)CNc1cc(C(=O)O)cc(Cl)n1. The number of carbonyl (C=O) groups is 1. The molecular weight excluding hydrogens is 248 g/mol. The summed E-state index contributed by atoms with van der Waals surface area (Å²) in [6.45, 7) is 0.375. The summed E-state index contributed by atoms with van der Waals surface area (Å²) < 4.78 is 4.75. The fraction of sp³-hybridized carbons (Fsp3) is 0.400. The van der Waals surface area contributed by atoms with Crippen LogP contribution >= 0.6 is 11.6 Å². The van der Waals surface area contributed by atoms with E-state index in [4.69, 9.17) is 21.4 Å². The predicted molar refractivity (Wildman–Crippen MR) is 62.6 cm³/mol. The van der Waals surface area contributed by atoms with Crippen LogP contribution in [0.5, 0.6) is 0 Å². The molecule has 0 aromatic carbocycles. The van der Waals surface area contributed by atoms with Crippen molar-refractivity contribution in [2.75, 3.05) is 25.6 Å². The number of aromatic nitrogens is 1. The van der Waals surface area contributed by atoms with Gasteiger partial charge < -0.3 is 20.3 Å². The fourth-order valence-corrected chi connectivity index (χ4v) is 1.39. The maximum absolute atomic E-state index is 10.8. The second-order valence-corrected chi connectivity index (χ2v) is 3.75. The molecule has 17 heavy (non-hydrogen) atoms. The standard InChI is InChI=1S/C10H13ClN2O4/c1-17-5-7(14)4-12-9-3-6(10(15)16)2-8(11)13-9/h2-3,7,14H,4-5H2,1H3,(H,12,13)(H,15,16). The number of methoxy groups -OCH3 is 1. The number of halogens is 1. The van der Waals surface area contributed by atoms with E-state index < -0.39 is 12.1 Å². The van der Waals surface area contributed by atoms with E-state index in [1.807, 2.05) is 0 Å². The zero-order valence-corrected chi connectivity index (χ0v) is 9.94. The molecule has 6 nitrogen and oxygen atoms in total. The third-order valence-electron chi connectivity index (χ3n) is 1.92. The largest absolute Gasteiger partial charge is 0.478 e. The van der Waals surface area contributed by atoms with E-state index in [0.29, 0.717) is 5.82 Å². The number of rotatable bonds is 6. The van der Waals surface area contributed by atoms with Crippen LogP contribution in [0.25, 0.3) is 0 Å². The first-order chi connectivity index (χ1) is 8.02. The number of nitrogens with one attached hydrogen (secondary N) is 1. The average molecular weight is 261 g/mol. The summed E-state index contributed by atoms with van der Waals surface area (Å²) in [5.74, 6) is -0.792. The maximum Gasteiger partial charge on any atom is 0.335 e. The first kappa shape index (κ1) is 13.7. The summed E-state index contributed by atoms with van der Waals surface area (Å²) in [7, 11) is 1.48. The van der Waals surface area contributed by atoms with Crippen molar-refractivity contribution in [2.24, 2.45) is 0 Å². The van der Waals surface area contributed by atoms with E-state index in [-0.39, 0.29) is 23.9 Å². The van der Waals surface area contributed by atoms with E-state index >= 15 is 0 Å². The molecule has 1 rings (SSSR count). The van der Waals surface area contributed by atoms with E-state index in [2.05, 4.69) is 10.3 Å². The van der Waals surface area contributed by atoms with Crippen LogP contribution < -0.4 is 5.32 Å². The Morgan fingerprint density at radius 2 is 2.35 bits per heavy atom. The molecule has 0 radical (unpaired) electrons. The van der Waals surface area contributed by atoms with E-state index in [9.17, 15) is 9.90 Å². The molecule has 0 amide bonds. The van der Waals surface area contributed by atoms with Gasteiger partial charge in [-0.25, -0.2) is 9.78 Å². The number of aliphatic hydroxyl groups is 1. The summed E-state index contributed by atoms with van der Waals surface area (Å²) >= 11 is 5.67. The van der Waals surface area contributed by atoms with Gasteiger partial charge in [0.25, 0.3) is 0 Å². The highest BCUT2D eigenvalue weighted by molar-refractivity contribution is 6.29. The molecule has 7 heteroatoms. The molecule has 0 spiro atoms. The van der Waals surface area contributed by atoms with Crippen LogP contribution in [-0.4, -0.2) is 47.5 Å². The number of aromatic carboxylic acids is 1. The second-order valence-electron chi connectivity index (χ2n) is 3.36. The van der Waals surface area contributed by atoms with Gasteiger partial charge in [-0.2, -0.15) is 0 Å².